The Hall–Kier alpha value is -2.78. The van der Waals surface area contributed by atoms with Crippen molar-refractivity contribution >= 4 is 39.1 Å². The molecular weight excluding hydrogens is 502 g/mol. The highest BCUT2D eigenvalue weighted by Crippen LogP contribution is 2.30. The summed E-state index contributed by atoms with van der Waals surface area (Å²) in [6, 6.07) is 12.9. The maximum atomic E-state index is 13.7. The fourth-order valence-corrected chi connectivity index (χ4v) is 5.28. The maximum Gasteiger partial charge on any atom is 0.244 e. The number of para-hydroxylation sites is 2. The third-order valence-corrected chi connectivity index (χ3v) is 7.63. The van der Waals surface area contributed by atoms with E-state index in [1.807, 2.05) is 0 Å². The molecule has 1 atom stereocenters. The van der Waals surface area contributed by atoms with Gasteiger partial charge in [-0.2, -0.15) is 0 Å². The van der Waals surface area contributed by atoms with Gasteiger partial charge in [0.25, 0.3) is 0 Å². The molecule has 1 aliphatic carbocycles. The van der Waals surface area contributed by atoms with E-state index in [9.17, 15) is 18.0 Å². The monoisotopic (exact) mass is 535 g/mol. The summed E-state index contributed by atoms with van der Waals surface area (Å²) in [4.78, 5) is 28.2. The predicted octanol–water partition coefficient (Wildman–Crippen LogP) is 3.98. The van der Waals surface area contributed by atoms with Crippen LogP contribution in [0.2, 0.25) is 5.02 Å². The van der Waals surface area contributed by atoms with E-state index in [-0.39, 0.29) is 24.2 Å². The first-order valence-electron chi connectivity index (χ1n) is 12.1. The Labute approximate surface area is 218 Å². The molecule has 0 bridgehead atoms. The van der Waals surface area contributed by atoms with E-state index in [0.717, 1.165) is 41.8 Å². The second-order valence-electron chi connectivity index (χ2n) is 8.98. The van der Waals surface area contributed by atoms with E-state index in [0.29, 0.717) is 17.4 Å². The number of nitrogens with zero attached hydrogens (tertiary/aromatic N) is 2. The van der Waals surface area contributed by atoms with Gasteiger partial charge in [0.1, 0.15) is 18.3 Å². The highest BCUT2D eigenvalue weighted by molar-refractivity contribution is 7.92. The molecule has 2 amide bonds. The van der Waals surface area contributed by atoms with E-state index in [2.05, 4.69) is 5.32 Å². The molecule has 0 aliphatic heterocycles. The number of benzene rings is 2. The highest BCUT2D eigenvalue weighted by Gasteiger charge is 2.32. The Morgan fingerprint density at radius 2 is 1.75 bits per heavy atom. The van der Waals surface area contributed by atoms with Gasteiger partial charge in [0.15, 0.2) is 0 Å². The lowest BCUT2D eigenvalue weighted by atomic mass is 10.1. The summed E-state index contributed by atoms with van der Waals surface area (Å²) in [5.74, 6) is -0.407. The minimum Gasteiger partial charge on any atom is -0.492 e. The van der Waals surface area contributed by atoms with Crippen LogP contribution in [0, 0.1) is 0 Å². The Kier molecular flexibility index (Phi) is 9.62. The van der Waals surface area contributed by atoms with Crippen LogP contribution in [0.5, 0.6) is 5.75 Å². The molecular formula is C26H34ClN3O5S. The van der Waals surface area contributed by atoms with Crippen LogP contribution in [-0.2, 0) is 26.2 Å². The lowest BCUT2D eigenvalue weighted by Crippen LogP contribution is -2.52. The number of amides is 2. The van der Waals surface area contributed by atoms with Gasteiger partial charge in [-0.15, -0.1) is 0 Å². The highest BCUT2D eigenvalue weighted by atomic mass is 35.5. The average molecular weight is 536 g/mol. The fraction of sp³-hybridized carbons (Fsp3) is 0.462. The van der Waals surface area contributed by atoms with E-state index in [4.69, 9.17) is 16.3 Å². The molecule has 0 aromatic heterocycles. The molecule has 36 heavy (non-hydrogen) atoms. The average Bonchev–Trinajstić information content (AvgIpc) is 3.34. The van der Waals surface area contributed by atoms with Crippen molar-refractivity contribution < 1.29 is 22.7 Å². The van der Waals surface area contributed by atoms with Crippen LogP contribution in [0.15, 0.2) is 48.5 Å². The number of rotatable bonds is 11. The molecule has 10 heteroatoms. The smallest absolute Gasteiger partial charge is 0.244 e. The molecule has 8 nitrogen and oxygen atoms in total. The summed E-state index contributed by atoms with van der Waals surface area (Å²) >= 11 is 6.02. The first kappa shape index (κ1) is 27.8. The van der Waals surface area contributed by atoms with Crippen LogP contribution < -0.4 is 14.4 Å². The summed E-state index contributed by atoms with van der Waals surface area (Å²) in [5.41, 5.74) is 1.04. The minimum absolute atomic E-state index is 0.0954. The molecule has 1 N–H and O–H groups in total. The largest absolute Gasteiger partial charge is 0.492 e. The molecule has 0 saturated heterocycles. The quantitative estimate of drug-likeness (QED) is 0.469. The molecule has 1 aliphatic rings. The van der Waals surface area contributed by atoms with Gasteiger partial charge < -0.3 is 15.0 Å². The number of hydrogen-bond donors (Lipinski definition) is 1. The first-order valence-corrected chi connectivity index (χ1v) is 14.4. The van der Waals surface area contributed by atoms with E-state index >= 15 is 0 Å². The van der Waals surface area contributed by atoms with Crippen LogP contribution in [-0.4, -0.2) is 56.6 Å². The molecule has 2 aromatic carbocycles. The molecule has 0 heterocycles. The summed E-state index contributed by atoms with van der Waals surface area (Å²) in [5, 5.41) is 3.60. The van der Waals surface area contributed by atoms with E-state index in [1.165, 1.54) is 4.90 Å². The van der Waals surface area contributed by atoms with Crippen LogP contribution >= 0.6 is 11.6 Å². The van der Waals surface area contributed by atoms with Crippen LogP contribution in [0.1, 0.15) is 45.1 Å². The van der Waals surface area contributed by atoms with Crippen molar-refractivity contribution in [3.63, 3.8) is 0 Å². The Morgan fingerprint density at radius 1 is 1.11 bits per heavy atom. The number of nitrogens with one attached hydrogen (secondary N) is 1. The van der Waals surface area contributed by atoms with Gasteiger partial charge in [0.2, 0.25) is 21.8 Å². The van der Waals surface area contributed by atoms with Gasteiger partial charge in [-0.25, -0.2) is 8.42 Å². The molecule has 2 aromatic rings. The maximum absolute atomic E-state index is 13.7. The Balaban J connectivity index is 1.90. The van der Waals surface area contributed by atoms with E-state index in [1.54, 1.807) is 62.4 Å². The molecule has 196 valence electrons. The lowest BCUT2D eigenvalue weighted by Gasteiger charge is -2.32. The fourth-order valence-electron chi connectivity index (χ4n) is 4.30. The van der Waals surface area contributed by atoms with Gasteiger partial charge in [-0.1, -0.05) is 48.7 Å². The van der Waals surface area contributed by atoms with Crippen molar-refractivity contribution in [1.29, 1.82) is 0 Å². The molecule has 1 fully saturated rings. The van der Waals surface area contributed by atoms with Crippen molar-refractivity contribution in [2.75, 3.05) is 23.7 Å². The van der Waals surface area contributed by atoms with Crippen LogP contribution in [0.3, 0.4) is 0 Å². The summed E-state index contributed by atoms with van der Waals surface area (Å²) in [6.45, 7) is 3.45. The van der Waals surface area contributed by atoms with Crippen molar-refractivity contribution in [2.45, 2.75) is 58.2 Å². The van der Waals surface area contributed by atoms with Crippen molar-refractivity contribution in [2.24, 2.45) is 0 Å². The third-order valence-electron chi connectivity index (χ3n) is 6.25. The SMILES string of the molecule is CCOc1ccccc1N(CC(=O)N(Cc1ccc(Cl)cc1)[C@H](C)C(=O)NC1CCCC1)S(C)(=O)=O. The number of carbonyl (C=O) groups excluding carboxylic acids is 2. The van der Waals surface area contributed by atoms with Crippen LogP contribution in [0.25, 0.3) is 0 Å². The number of sulfonamides is 1. The first-order chi connectivity index (χ1) is 17.1. The predicted molar refractivity (Wildman–Crippen MR) is 142 cm³/mol. The molecule has 1 saturated carbocycles. The van der Waals surface area contributed by atoms with E-state index < -0.39 is 28.5 Å². The Bertz CT molecular complexity index is 1150. The second-order valence-corrected chi connectivity index (χ2v) is 11.3. The van der Waals surface area contributed by atoms with Crippen LogP contribution in [0.4, 0.5) is 5.69 Å². The zero-order valence-corrected chi connectivity index (χ0v) is 22.5. The molecule has 0 unspecified atom stereocenters. The summed E-state index contributed by atoms with van der Waals surface area (Å²) in [6.07, 6.45) is 5.01. The molecule has 0 spiro atoms. The van der Waals surface area contributed by atoms with Gasteiger partial charge in [0, 0.05) is 17.6 Å². The third kappa shape index (κ3) is 7.36. The second kappa shape index (κ2) is 12.5. The number of anilines is 1. The van der Waals surface area contributed by atoms with Crippen molar-refractivity contribution in [3.05, 3.63) is 59.1 Å². The van der Waals surface area contributed by atoms with Gasteiger partial charge in [-0.05, 0) is 56.5 Å². The van der Waals surface area contributed by atoms with Gasteiger partial charge in [-0.3, -0.25) is 13.9 Å². The summed E-state index contributed by atoms with van der Waals surface area (Å²) < 4.78 is 32.2. The standard InChI is InChI=1S/C26H34ClN3O5S/c1-4-35-24-12-8-7-11-23(24)30(36(3,33)34)18-25(31)29(17-20-13-15-21(27)16-14-20)19(2)26(32)28-22-9-5-6-10-22/h7-8,11-16,19,22H,4-6,9-10,17-18H2,1-3H3,(H,28,32)/t19-/m1/s1. The summed E-state index contributed by atoms with van der Waals surface area (Å²) in [7, 11) is -3.84. The molecule has 0 radical (unpaired) electrons. The minimum atomic E-state index is -3.84. The lowest BCUT2D eigenvalue weighted by molar-refractivity contribution is -0.139. The Morgan fingerprint density at radius 3 is 2.36 bits per heavy atom. The normalized spacial score (nSPS) is 14.8. The number of ether oxygens (including phenoxy) is 1. The van der Waals surface area contributed by atoms with Gasteiger partial charge in [0.05, 0.1) is 18.6 Å². The number of halogens is 1. The topological polar surface area (TPSA) is 96.0 Å². The number of carbonyl (C=O) groups is 2. The van der Waals surface area contributed by atoms with Crippen molar-refractivity contribution in [1.82, 2.24) is 10.2 Å². The zero-order valence-electron chi connectivity index (χ0n) is 20.9. The zero-order chi connectivity index (χ0) is 26.3. The molecule has 3 rings (SSSR count). The van der Waals surface area contributed by atoms with Crippen molar-refractivity contribution in [3.8, 4) is 5.75 Å². The van der Waals surface area contributed by atoms with Gasteiger partial charge >= 0.3 is 0 Å². The number of hydrogen-bond acceptors (Lipinski definition) is 5.